The number of esters is 1. The summed E-state index contributed by atoms with van der Waals surface area (Å²) in [6, 6.07) is 13.6. The van der Waals surface area contributed by atoms with Crippen molar-refractivity contribution in [1.29, 1.82) is 0 Å². The fraction of sp³-hybridized carbons (Fsp3) is 0.143. The summed E-state index contributed by atoms with van der Waals surface area (Å²) >= 11 is 1.16. The fourth-order valence-corrected chi connectivity index (χ4v) is 3.57. The Balaban J connectivity index is 2.06. The van der Waals surface area contributed by atoms with Crippen LogP contribution in [0.2, 0.25) is 0 Å². The molecule has 0 unspecified atom stereocenters. The molecule has 144 valence electrons. The summed E-state index contributed by atoms with van der Waals surface area (Å²) in [5.41, 5.74) is 1.31. The van der Waals surface area contributed by atoms with E-state index in [2.05, 4.69) is 4.99 Å². The molecule has 1 aliphatic heterocycles. The first-order valence-corrected chi connectivity index (χ1v) is 9.36. The smallest absolute Gasteiger partial charge is 0.344 e. The Morgan fingerprint density at radius 3 is 2.54 bits per heavy atom. The number of hydrogen-bond donors (Lipinski definition) is 2. The molecule has 0 radical (unpaired) electrons. The summed E-state index contributed by atoms with van der Waals surface area (Å²) in [6.45, 7) is 1.88. The topological polar surface area (TPSA) is 88.4 Å². The monoisotopic (exact) mass is 397 g/mol. The van der Waals surface area contributed by atoms with Gasteiger partial charge in [0.25, 0.3) is 0 Å². The van der Waals surface area contributed by atoms with Crippen molar-refractivity contribution in [2.24, 2.45) is 4.99 Å². The second-order valence-corrected chi connectivity index (χ2v) is 6.77. The van der Waals surface area contributed by atoms with Gasteiger partial charge < -0.3 is 19.7 Å². The number of benzene rings is 2. The molecular weight excluding hydrogens is 378 g/mol. The first kappa shape index (κ1) is 19.6. The van der Waals surface area contributed by atoms with E-state index < -0.39 is 5.97 Å². The molecule has 1 heterocycles. The molecule has 0 spiro atoms. The van der Waals surface area contributed by atoms with Crippen LogP contribution in [0.25, 0.3) is 6.08 Å². The maximum Gasteiger partial charge on any atom is 0.344 e. The lowest BCUT2D eigenvalue weighted by atomic mass is 10.1. The van der Waals surface area contributed by atoms with Crippen molar-refractivity contribution >= 4 is 34.5 Å². The van der Waals surface area contributed by atoms with Crippen LogP contribution in [0.3, 0.4) is 0 Å². The summed E-state index contributed by atoms with van der Waals surface area (Å²) in [6.07, 6.45) is 1.71. The average molecular weight is 397 g/mol. The van der Waals surface area contributed by atoms with Gasteiger partial charge in [-0.1, -0.05) is 36.0 Å². The Morgan fingerprint density at radius 1 is 1.14 bits per heavy atom. The minimum Gasteiger partial charge on any atom is -0.508 e. The molecule has 0 saturated heterocycles. The molecule has 1 aliphatic rings. The molecule has 28 heavy (non-hydrogen) atoms. The number of ether oxygens (including phenoxy) is 2. The van der Waals surface area contributed by atoms with Crippen molar-refractivity contribution in [3.63, 3.8) is 0 Å². The van der Waals surface area contributed by atoms with Gasteiger partial charge in [-0.15, -0.1) is 0 Å². The second-order valence-electron chi connectivity index (χ2n) is 5.74. The SMILES string of the molecule is CCOC(=O)C1=C(O)/C(=C\c2ccc(O)cc2)SC1=Nc1ccccc1OC. The Hall–Kier alpha value is -3.19. The second kappa shape index (κ2) is 8.67. The van der Waals surface area contributed by atoms with Gasteiger partial charge in [0.05, 0.1) is 18.6 Å². The van der Waals surface area contributed by atoms with Crippen molar-refractivity contribution in [3.05, 3.63) is 70.3 Å². The Kier molecular flexibility index (Phi) is 6.06. The summed E-state index contributed by atoms with van der Waals surface area (Å²) in [5, 5.41) is 20.4. The highest BCUT2D eigenvalue weighted by Gasteiger charge is 2.33. The molecule has 6 nitrogen and oxygen atoms in total. The number of thioether (sulfide) groups is 1. The predicted octanol–water partition coefficient (Wildman–Crippen LogP) is 4.59. The minimum atomic E-state index is -0.643. The van der Waals surface area contributed by atoms with Crippen molar-refractivity contribution in [2.45, 2.75) is 6.92 Å². The molecule has 0 saturated carbocycles. The number of aliphatic imine (C=N–C) groups is 1. The molecule has 0 bridgehead atoms. The Morgan fingerprint density at radius 2 is 1.86 bits per heavy atom. The number of carbonyl (C=O) groups is 1. The van der Waals surface area contributed by atoms with Gasteiger partial charge in [-0.05, 0) is 42.8 Å². The number of rotatable bonds is 5. The zero-order chi connectivity index (χ0) is 20.1. The first-order valence-electron chi connectivity index (χ1n) is 8.55. The zero-order valence-electron chi connectivity index (χ0n) is 15.4. The number of phenols is 1. The standard InChI is InChI=1S/C21H19NO5S/c1-3-27-21(25)18-19(24)17(12-13-8-10-14(23)11-9-13)28-20(18)22-15-6-4-5-7-16(15)26-2/h4-12,23-24H,3H2,1-2H3/b17-12+,22-20?. The van der Waals surface area contributed by atoms with Gasteiger partial charge in [-0.25, -0.2) is 9.79 Å². The van der Waals surface area contributed by atoms with Gasteiger partial charge in [0.15, 0.2) is 0 Å². The quantitative estimate of drug-likeness (QED) is 0.717. The molecule has 2 N–H and O–H groups in total. The first-order chi connectivity index (χ1) is 13.5. The van der Waals surface area contributed by atoms with Crippen molar-refractivity contribution < 1.29 is 24.5 Å². The van der Waals surface area contributed by atoms with E-state index in [1.54, 1.807) is 49.4 Å². The molecule has 2 aromatic carbocycles. The number of aromatic hydroxyl groups is 1. The van der Waals surface area contributed by atoms with Crippen LogP contribution in [0.5, 0.6) is 11.5 Å². The van der Waals surface area contributed by atoms with Crippen LogP contribution < -0.4 is 4.74 Å². The number of methoxy groups -OCH3 is 1. The van der Waals surface area contributed by atoms with Gasteiger partial charge >= 0.3 is 5.97 Å². The van der Waals surface area contributed by atoms with Crippen LogP contribution >= 0.6 is 11.8 Å². The number of phenolic OH excluding ortho intramolecular Hbond substituents is 1. The molecule has 0 amide bonds. The van der Waals surface area contributed by atoms with Crippen LogP contribution in [0, 0.1) is 0 Å². The lowest BCUT2D eigenvalue weighted by molar-refractivity contribution is -0.138. The van der Waals surface area contributed by atoms with Gasteiger partial charge in [0, 0.05) is 0 Å². The van der Waals surface area contributed by atoms with E-state index in [9.17, 15) is 15.0 Å². The van der Waals surface area contributed by atoms with E-state index in [0.717, 1.165) is 17.3 Å². The van der Waals surface area contributed by atoms with Crippen molar-refractivity contribution in [3.8, 4) is 11.5 Å². The summed E-state index contributed by atoms with van der Waals surface area (Å²) < 4.78 is 10.4. The zero-order valence-corrected chi connectivity index (χ0v) is 16.2. The van der Waals surface area contributed by atoms with E-state index in [4.69, 9.17) is 9.47 Å². The predicted molar refractivity (Wildman–Crippen MR) is 110 cm³/mol. The number of aliphatic hydroxyl groups is 1. The van der Waals surface area contributed by atoms with E-state index in [1.807, 2.05) is 12.1 Å². The van der Waals surface area contributed by atoms with Crippen LogP contribution in [0.15, 0.2) is 69.8 Å². The maximum absolute atomic E-state index is 12.4. The normalized spacial score (nSPS) is 16.6. The Labute approximate surface area is 166 Å². The van der Waals surface area contributed by atoms with E-state index in [1.165, 1.54) is 7.11 Å². The third-order valence-corrected chi connectivity index (χ3v) is 4.89. The van der Waals surface area contributed by atoms with Gasteiger partial charge in [-0.2, -0.15) is 0 Å². The van der Waals surface area contributed by atoms with Crippen molar-refractivity contribution in [1.82, 2.24) is 0 Å². The lowest BCUT2D eigenvalue weighted by Crippen LogP contribution is -2.12. The molecule has 0 aromatic heterocycles. The van der Waals surface area contributed by atoms with E-state index >= 15 is 0 Å². The molecule has 0 aliphatic carbocycles. The highest BCUT2D eigenvalue weighted by Crippen LogP contribution is 2.41. The molecule has 2 aromatic rings. The fourth-order valence-electron chi connectivity index (χ4n) is 2.55. The van der Waals surface area contributed by atoms with Gasteiger partial charge in [0.1, 0.15) is 33.6 Å². The van der Waals surface area contributed by atoms with Crippen LogP contribution in [0.1, 0.15) is 12.5 Å². The lowest BCUT2D eigenvalue weighted by Gasteiger charge is -2.06. The molecular formula is C21H19NO5S. The number of aliphatic hydroxyl groups excluding tert-OH is 1. The molecule has 0 fully saturated rings. The maximum atomic E-state index is 12.4. The van der Waals surface area contributed by atoms with Crippen LogP contribution in [-0.2, 0) is 9.53 Å². The average Bonchev–Trinajstić information content (AvgIpc) is 2.99. The number of carbonyl (C=O) groups excluding carboxylic acids is 1. The summed E-state index contributed by atoms with van der Waals surface area (Å²) in [5.74, 6) is -0.138. The summed E-state index contributed by atoms with van der Waals surface area (Å²) in [4.78, 5) is 17.4. The Bertz CT molecular complexity index is 977. The molecule has 7 heteroatoms. The highest BCUT2D eigenvalue weighted by atomic mass is 32.2. The van der Waals surface area contributed by atoms with E-state index in [-0.39, 0.29) is 23.7 Å². The number of hydrogen-bond acceptors (Lipinski definition) is 7. The number of nitrogens with zero attached hydrogens (tertiary/aromatic N) is 1. The minimum absolute atomic E-state index is 0.0165. The van der Waals surface area contributed by atoms with Gasteiger partial charge in [0.2, 0.25) is 0 Å². The third-order valence-electron chi connectivity index (χ3n) is 3.87. The number of para-hydroxylation sites is 2. The molecule has 3 rings (SSSR count). The third kappa shape index (κ3) is 4.20. The van der Waals surface area contributed by atoms with E-state index in [0.29, 0.717) is 21.4 Å². The van der Waals surface area contributed by atoms with Crippen LogP contribution in [0.4, 0.5) is 5.69 Å². The van der Waals surface area contributed by atoms with Gasteiger partial charge in [-0.3, -0.25) is 0 Å². The largest absolute Gasteiger partial charge is 0.508 e. The van der Waals surface area contributed by atoms with Crippen molar-refractivity contribution in [2.75, 3.05) is 13.7 Å². The highest BCUT2D eigenvalue weighted by molar-refractivity contribution is 8.18. The van der Waals surface area contributed by atoms with Crippen LogP contribution in [-0.4, -0.2) is 34.9 Å². The summed E-state index contributed by atoms with van der Waals surface area (Å²) in [7, 11) is 1.54. The molecule has 0 atom stereocenters.